The zero-order chi connectivity index (χ0) is 22.6. The van der Waals surface area contributed by atoms with Crippen LogP contribution in [0.25, 0.3) is 0 Å². The summed E-state index contributed by atoms with van der Waals surface area (Å²) in [6.45, 7) is 5.27. The molecule has 3 rings (SSSR count). The van der Waals surface area contributed by atoms with Crippen molar-refractivity contribution in [1.82, 2.24) is 0 Å². The number of para-hydroxylation sites is 2. The van der Waals surface area contributed by atoms with Crippen LogP contribution < -0.4 is 14.4 Å². The van der Waals surface area contributed by atoms with Crippen LogP contribution >= 0.6 is 0 Å². The molecule has 1 amide bonds. The summed E-state index contributed by atoms with van der Waals surface area (Å²) in [5.41, 5.74) is 3.63. The molecular formula is C24H26N2O4S. The van der Waals surface area contributed by atoms with E-state index in [0.29, 0.717) is 17.1 Å². The molecule has 0 bridgehead atoms. The first-order valence-corrected chi connectivity index (χ1v) is 11.3. The molecule has 0 aliphatic carbocycles. The van der Waals surface area contributed by atoms with Gasteiger partial charge < -0.3 is 10.1 Å². The molecule has 0 atom stereocenters. The number of nitrogens with one attached hydrogen (secondary N) is 1. The number of ether oxygens (including phenoxy) is 1. The van der Waals surface area contributed by atoms with Gasteiger partial charge in [0.15, 0.2) is 0 Å². The van der Waals surface area contributed by atoms with E-state index in [0.717, 1.165) is 21.0 Å². The standard InChI is InChI=1S/C24H26N2O4S/c1-17-12-14-20(15-13-17)31(28,29)26(22-10-7-8-18(2)19(22)3)16-24(27)25-21-9-5-6-11-23(21)30-4/h5-15H,16H2,1-4H3,(H,25,27). The topological polar surface area (TPSA) is 75.7 Å². The summed E-state index contributed by atoms with van der Waals surface area (Å²) in [5, 5.41) is 2.76. The molecule has 0 spiro atoms. The van der Waals surface area contributed by atoms with Crippen LogP contribution in [0.15, 0.2) is 71.6 Å². The zero-order valence-electron chi connectivity index (χ0n) is 18.0. The SMILES string of the molecule is COc1ccccc1NC(=O)CN(c1cccc(C)c1C)S(=O)(=O)c1ccc(C)cc1. The van der Waals surface area contributed by atoms with Crippen LogP contribution in [0.3, 0.4) is 0 Å². The average Bonchev–Trinajstić information content (AvgIpc) is 2.75. The number of carbonyl (C=O) groups excluding carboxylic acids is 1. The smallest absolute Gasteiger partial charge is 0.264 e. The fourth-order valence-electron chi connectivity index (χ4n) is 3.21. The Labute approximate surface area is 183 Å². The van der Waals surface area contributed by atoms with Gasteiger partial charge in [0.05, 0.1) is 23.4 Å². The molecule has 0 aliphatic rings. The van der Waals surface area contributed by atoms with Crippen LogP contribution in [0.2, 0.25) is 0 Å². The van der Waals surface area contributed by atoms with Gasteiger partial charge in [0.1, 0.15) is 12.3 Å². The zero-order valence-corrected chi connectivity index (χ0v) is 18.9. The van der Waals surface area contributed by atoms with Gasteiger partial charge in [-0.1, -0.05) is 42.0 Å². The Morgan fingerprint density at radius 3 is 2.29 bits per heavy atom. The quantitative estimate of drug-likeness (QED) is 0.591. The van der Waals surface area contributed by atoms with Gasteiger partial charge in [-0.25, -0.2) is 8.42 Å². The Hall–Kier alpha value is -3.32. The minimum absolute atomic E-state index is 0.129. The molecule has 3 aromatic carbocycles. The number of nitrogens with zero attached hydrogens (tertiary/aromatic N) is 1. The third-order valence-corrected chi connectivity index (χ3v) is 6.90. The molecular weight excluding hydrogens is 412 g/mol. The van der Waals surface area contributed by atoms with Crippen LogP contribution in [-0.2, 0) is 14.8 Å². The predicted molar refractivity (Wildman–Crippen MR) is 123 cm³/mol. The van der Waals surface area contributed by atoms with Crippen molar-refractivity contribution in [3.8, 4) is 5.75 Å². The maximum absolute atomic E-state index is 13.5. The second-order valence-corrected chi connectivity index (χ2v) is 9.15. The van der Waals surface area contributed by atoms with E-state index < -0.39 is 15.9 Å². The van der Waals surface area contributed by atoms with Crippen LogP contribution in [0.4, 0.5) is 11.4 Å². The summed E-state index contributed by atoms with van der Waals surface area (Å²) in [5.74, 6) is 0.0246. The fraction of sp³-hybridized carbons (Fsp3) is 0.208. The minimum atomic E-state index is -3.97. The van der Waals surface area contributed by atoms with E-state index in [2.05, 4.69) is 5.32 Å². The third-order valence-electron chi connectivity index (χ3n) is 5.12. The van der Waals surface area contributed by atoms with Crippen LogP contribution in [0.5, 0.6) is 5.75 Å². The number of hydrogen-bond donors (Lipinski definition) is 1. The highest BCUT2D eigenvalue weighted by Crippen LogP contribution is 2.29. The number of sulfonamides is 1. The lowest BCUT2D eigenvalue weighted by Gasteiger charge is -2.26. The lowest BCUT2D eigenvalue weighted by atomic mass is 10.1. The minimum Gasteiger partial charge on any atom is -0.495 e. The second kappa shape index (κ2) is 9.22. The molecule has 0 aromatic heterocycles. The van der Waals surface area contributed by atoms with Gasteiger partial charge in [-0.3, -0.25) is 9.10 Å². The summed E-state index contributed by atoms with van der Waals surface area (Å²) in [6.07, 6.45) is 0. The molecule has 0 heterocycles. The van der Waals surface area contributed by atoms with E-state index in [1.165, 1.54) is 7.11 Å². The summed E-state index contributed by atoms with van der Waals surface area (Å²) in [6, 6.07) is 19.0. The molecule has 0 saturated heterocycles. The van der Waals surface area contributed by atoms with Crippen LogP contribution in [-0.4, -0.2) is 28.0 Å². The predicted octanol–water partition coefficient (Wildman–Crippen LogP) is 4.45. The summed E-state index contributed by atoms with van der Waals surface area (Å²) in [7, 11) is -2.46. The van der Waals surface area contributed by atoms with Gasteiger partial charge in [0.2, 0.25) is 5.91 Å². The number of methoxy groups -OCH3 is 1. The molecule has 1 N–H and O–H groups in total. The Morgan fingerprint density at radius 1 is 0.935 bits per heavy atom. The molecule has 0 radical (unpaired) electrons. The Morgan fingerprint density at radius 2 is 1.61 bits per heavy atom. The number of amides is 1. The highest BCUT2D eigenvalue weighted by molar-refractivity contribution is 7.92. The van der Waals surface area contributed by atoms with E-state index in [9.17, 15) is 13.2 Å². The van der Waals surface area contributed by atoms with Crippen molar-refractivity contribution in [2.45, 2.75) is 25.7 Å². The highest BCUT2D eigenvalue weighted by atomic mass is 32.2. The molecule has 0 saturated carbocycles. The fourth-order valence-corrected chi connectivity index (χ4v) is 4.69. The van der Waals surface area contributed by atoms with Crippen molar-refractivity contribution < 1.29 is 17.9 Å². The largest absolute Gasteiger partial charge is 0.495 e. The van der Waals surface area contributed by atoms with Gasteiger partial charge in [-0.15, -0.1) is 0 Å². The Bertz CT molecular complexity index is 1190. The van der Waals surface area contributed by atoms with Crippen molar-refractivity contribution in [3.05, 3.63) is 83.4 Å². The number of rotatable bonds is 7. The molecule has 162 valence electrons. The molecule has 3 aromatic rings. The van der Waals surface area contributed by atoms with Crippen molar-refractivity contribution in [2.24, 2.45) is 0 Å². The first-order valence-electron chi connectivity index (χ1n) is 9.82. The third kappa shape index (κ3) is 4.88. The van der Waals surface area contributed by atoms with E-state index in [-0.39, 0.29) is 11.4 Å². The normalized spacial score (nSPS) is 11.1. The number of aryl methyl sites for hydroxylation is 2. The lowest BCUT2D eigenvalue weighted by Crippen LogP contribution is -2.38. The second-order valence-electron chi connectivity index (χ2n) is 7.29. The highest BCUT2D eigenvalue weighted by Gasteiger charge is 2.28. The first-order chi connectivity index (χ1) is 14.7. The van der Waals surface area contributed by atoms with Gasteiger partial charge in [0, 0.05) is 0 Å². The average molecular weight is 439 g/mol. The van der Waals surface area contributed by atoms with E-state index in [1.807, 2.05) is 26.8 Å². The molecule has 0 unspecified atom stereocenters. The number of anilines is 2. The lowest BCUT2D eigenvalue weighted by molar-refractivity contribution is -0.114. The van der Waals surface area contributed by atoms with Crippen molar-refractivity contribution in [3.63, 3.8) is 0 Å². The van der Waals surface area contributed by atoms with E-state index in [1.54, 1.807) is 60.7 Å². The van der Waals surface area contributed by atoms with Gasteiger partial charge >= 0.3 is 0 Å². The van der Waals surface area contributed by atoms with Crippen LogP contribution in [0.1, 0.15) is 16.7 Å². The first kappa shape index (κ1) is 22.4. The summed E-state index contributed by atoms with van der Waals surface area (Å²) >= 11 is 0. The van der Waals surface area contributed by atoms with E-state index >= 15 is 0 Å². The van der Waals surface area contributed by atoms with Gasteiger partial charge in [-0.05, 0) is 62.2 Å². The number of hydrogen-bond acceptors (Lipinski definition) is 4. The molecule has 0 fully saturated rings. The van der Waals surface area contributed by atoms with Gasteiger partial charge in [0.25, 0.3) is 10.0 Å². The maximum Gasteiger partial charge on any atom is 0.264 e. The number of benzene rings is 3. The summed E-state index contributed by atoms with van der Waals surface area (Å²) < 4.78 is 33.5. The monoisotopic (exact) mass is 438 g/mol. The van der Waals surface area contributed by atoms with E-state index in [4.69, 9.17) is 4.74 Å². The summed E-state index contributed by atoms with van der Waals surface area (Å²) in [4.78, 5) is 13.0. The van der Waals surface area contributed by atoms with Crippen molar-refractivity contribution in [1.29, 1.82) is 0 Å². The molecule has 0 aliphatic heterocycles. The Balaban J connectivity index is 2.01. The van der Waals surface area contributed by atoms with Crippen molar-refractivity contribution >= 4 is 27.3 Å². The van der Waals surface area contributed by atoms with Crippen LogP contribution in [0, 0.1) is 20.8 Å². The maximum atomic E-state index is 13.5. The Kier molecular flexibility index (Phi) is 6.65. The van der Waals surface area contributed by atoms with Crippen molar-refractivity contribution in [2.75, 3.05) is 23.3 Å². The number of carbonyl (C=O) groups is 1. The van der Waals surface area contributed by atoms with Gasteiger partial charge in [-0.2, -0.15) is 0 Å². The molecule has 7 heteroatoms. The molecule has 6 nitrogen and oxygen atoms in total. The molecule has 31 heavy (non-hydrogen) atoms.